The quantitative estimate of drug-likeness (QED) is 0.333. The average Bonchev–Trinajstić information content (AvgIpc) is 3.21. The van der Waals surface area contributed by atoms with Gasteiger partial charge in [-0.05, 0) is 48.9 Å². The summed E-state index contributed by atoms with van der Waals surface area (Å²) in [5.74, 6) is -0.846. The molecule has 1 aliphatic rings. The molecule has 0 saturated carbocycles. The first-order valence-corrected chi connectivity index (χ1v) is 12.0. The lowest BCUT2D eigenvalue weighted by molar-refractivity contribution is -0.136. The van der Waals surface area contributed by atoms with Crippen molar-refractivity contribution in [3.63, 3.8) is 0 Å². The second-order valence-corrected chi connectivity index (χ2v) is 9.22. The number of para-hydroxylation sites is 1. The van der Waals surface area contributed by atoms with Crippen LogP contribution in [0.15, 0.2) is 94.4 Å². The van der Waals surface area contributed by atoms with E-state index in [-0.39, 0.29) is 5.82 Å². The molecule has 6 nitrogen and oxygen atoms in total. The first-order valence-electron chi connectivity index (χ1n) is 11.2. The highest BCUT2D eigenvalue weighted by Crippen LogP contribution is 2.41. The highest BCUT2D eigenvalue weighted by atomic mass is 79.9. The maximum Gasteiger partial charge on any atom is 0.336 e. The highest BCUT2D eigenvalue weighted by molar-refractivity contribution is 9.10. The normalized spacial score (nSPS) is 15.9. The van der Waals surface area contributed by atoms with Gasteiger partial charge in [0, 0.05) is 44.7 Å². The van der Waals surface area contributed by atoms with Gasteiger partial charge in [0.1, 0.15) is 5.82 Å². The maximum atomic E-state index is 12.9. The molecule has 35 heavy (non-hydrogen) atoms. The molecule has 0 fully saturated rings. The van der Waals surface area contributed by atoms with Crippen molar-refractivity contribution < 1.29 is 9.53 Å². The number of benzene rings is 3. The van der Waals surface area contributed by atoms with Crippen molar-refractivity contribution in [3.05, 3.63) is 99.9 Å². The third kappa shape index (κ3) is 3.67. The van der Waals surface area contributed by atoms with Gasteiger partial charge in [-0.3, -0.25) is 0 Å². The molecule has 174 valence electrons. The Bertz CT molecular complexity index is 1570. The SMILES string of the molecule is CCn1c2ccccc2c2cc(N3C=C(C(=O)OC)C(c4ccc(Br)cc4)C(C#N)=C3N)ccc21. The van der Waals surface area contributed by atoms with Crippen molar-refractivity contribution in [1.82, 2.24) is 4.57 Å². The van der Waals surface area contributed by atoms with Crippen molar-refractivity contribution in [2.45, 2.75) is 19.4 Å². The molecule has 0 amide bonds. The molecule has 1 atom stereocenters. The predicted molar refractivity (Wildman–Crippen MR) is 141 cm³/mol. The highest BCUT2D eigenvalue weighted by Gasteiger charge is 2.35. The molecule has 3 aromatic carbocycles. The first-order chi connectivity index (χ1) is 17.0. The van der Waals surface area contributed by atoms with E-state index < -0.39 is 11.9 Å². The van der Waals surface area contributed by atoms with Crippen LogP contribution >= 0.6 is 15.9 Å². The van der Waals surface area contributed by atoms with E-state index >= 15 is 0 Å². The van der Waals surface area contributed by atoms with Crippen molar-refractivity contribution in [1.29, 1.82) is 5.26 Å². The minimum absolute atomic E-state index is 0.284. The van der Waals surface area contributed by atoms with E-state index in [0.717, 1.165) is 44.1 Å². The van der Waals surface area contributed by atoms with Crippen LogP contribution in [0.5, 0.6) is 0 Å². The molecule has 0 radical (unpaired) electrons. The fourth-order valence-electron chi connectivity index (χ4n) is 4.87. The van der Waals surface area contributed by atoms with Crippen LogP contribution in [0.3, 0.4) is 0 Å². The molecule has 0 saturated heterocycles. The lowest BCUT2D eigenvalue weighted by Crippen LogP contribution is -2.33. The van der Waals surface area contributed by atoms with Crippen LogP contribution < -0.4 is 10.6 Å². The van der Waals surface area contributed by atoms with Gasteiger partial charge in [-0.2, -0.15) is 5.26 Å². The summed E-state index contributed by atoms with van der Waals surface area (Å²) in [5.41, 5.74) is 11.0. The number of halogens is 1. The molecule has 0 bridgehead atoms. The van der Waals surface area contributed by atoms with Gasteiger partial charge in [-0.1, -0.05) is 46.3 Å². The van der Waals surface area contributed by atoms with E-state index in [4.69, 9.17) is 10.5 Å². The Morgan fingerprint density at radius 3 is 2.49 bits per heavy atom. The van der Waals surface area contributed by atoms with Crippen molar-refractivity contribution in [3.8, 4) is 6.07 Å². The zero-order valence-corrected chi connectivity index (χ0v) is 20.9. The van der Waals surface area contributed by atoms with E-state index in [9.17, 15) is 10.1 Å². The second kappa shape index (κ2) is 8.97. The monoisotopic (exact) mass is 526 g/mol. The number of esters is 1. The maximum absolute atomic E-state index is 12.9. The van der Waals surface area contributed by atoms with Crippen LogP contribution in [0, 0.1) is 11.3 Å². The largest absolute Gasteiger partial charge is 0.466 e. The lowest BCUT2D eigenvalue weighted by Gasteiger charge is -2.32. The second-order valence-electron chi connectivity index (χ2n) is 8.30. The summed E-state index contributed by atoms with van der Waals surface area (Å²) in [6.45, 7) is 2.97. The van der Waals surface area contributed by atoms with E-state index in [2.05, 4.69) is 57.8 Å². The number of rotatable bonds is 4. The number of aryl methyl sites for hydroxylation is 1. The summed E-state index contributed by atoms with van der Waals surface area (Å²) in [6.07, 6.45) is 1.69. The summed E-state index contributed by atoms with van der Waals surface area (Å²) in [6, 6.07) is 24.1. The van der Waals surface area contributed by atoms with Gasteiger partial charge in [0.05, 0.1) is 30.2 Å². The zero-order chi connectivity index (χ0) is 24.7. The average molecular weight is 527 g/mol. The standard InChI is InChI=1S/C28H23BrN4O2/c1-3-32-24-7-5-4-6-20(24)21-14-19(12-13-25(21)32)33-16-23(28(34)35-2)26(22(15-30)27(33)31)17-8-10-18(29)11-9-17/h4-14,16,26H,3,31H2,1-2H3. The molecule has 5 rings (SSSR count). The van der Waals surface area contributed by atoms with Gasteiger partial charge < -0.3 is 19.9 Å². The molecule has 1 aliphatic heterocycles. The van der Waals surface area contributed by atoms with Gasteiger partial charge in [0.2, 0.25) is 0 Å². The number of nitriles is 1. The molecule has 0 spiro atoms. The molecule has 7 heteroatoms. The molecule has 2 N–H and O–H groups in total. The number of nitrogens with zero attached hydrogens (tertiary/aromatic N) is 3. The van der Waals surface area contributed by atoms with Crippen molar-refractivity contribution >= 4 is 49.4 Å². The molecule has 1 unspecified atom stereocenters. The summed E-state index contributed by atoms with van der Waals surface area (Å²) >= 11 is 3.44. The summed E-state index contributed by atoms with van der Waals surface area (Å²) in [4.78, 5) is 14.6. The number of fused-ring (bicyclic) bond motifs is 3. The number of anilines is 1. The predicted octanol–water partition coefficient (Wildman–Crippen LogP) is 5.93. The Labute approximate surface area is 211 Å². The number of nitrogens with two attached hydrogens (primary N) is 1. The fraction of sp³-hybridized carbons (Fsp3) is 0.143. The smallest absolute Gasteiger partial charge is 0.336 e. The van der Waals surface area contributed by atoms with Crippen LogP contribution in [0.25, 0.3) is 21.8 Å². The van der Waals surface area contributed by atoms with E-state index in [0.29, 0.717) is 11.1 Å². The van der Waals surface area contributed by atoms with Crippen molar-refractivity contribution in [2.75, 3.05) is 12.0 Å². The van der Waals surface area contributed by atoms with Crippen LogP contribution in [0.2, 0.25) is 0 Å². The third-order valence-corrected chi connectivity index (χ3v) is 7.03. The number of ether oxygens (including phenoxy) is 1. The topological polar surface area (TPSA) is 84.3 Å². The lowest BCUT2D eigenvalue weighted by atomic mass is 9.83. The minimum Gasteiger partial charge on any atom is -0.466 e. The Kier molecular flexibility index (Phi) is 5.83. The van der Waals surface area contributed by atoms with E-state index in [1.165, 1.54) is 7.11 Å². The van der Waals surface area contributed by atoms with Gasteiger partial charge in [0.15, 0.2) is 0 Å². The Morgan fingerprint density at radius 1 is 1.09 bits per heavy atom. The van der Waals surface area contributed by atoms with E-state index in [1.54, 1.807) is 11.1 Å². The molecular weight excluding hydrogens is 504 g/mol. The molecule has 1 aromatic heterocycles. The number of carbonyl (C=O) groups excluding carboxylic acids is 1. The van der Waals surface area contributed by atoms with E-state index in [1.807, 2.05) is 42.5 Å². The molecular formula is C28H23BrN4O2. The summed E-state index contributed by atoms with van der Waals surface area (Å²) in [5, 5.41) is 12.3. The number of allylic oxidation sites excluding steroid dienone is 1. The van der Waals surface area contributed by atoms with Crippen LogP contribution in [-0.2, 0) is 16.1 Å². The van der Waals surface area contributed by atoms with Crippen LogP contribution in [-0.4, -0.2) is 17.6 Å². The molecule has 4 aromatic rings. The fourth-order valence-corrected chi connectivity index (χ4v) is 5.14. The molecule has 2 heterocycles. The number of carbonyl (C=O) groups is 1. The zero-order valence-electron chi connectivity index (χ0n) is 19.3. The Balaban J connectivity index is 1.71. The summed E-state index contributed by atoms with van der Waals surface area (Å²) < 4.78 is 8.27. The minimum atomic E-state index is -0.623. The summed E-state index contributed by atoms with van der Waals surface area (Å²) in [7, 11) is 1.34. The van der Waals surface area contributed by atoms with Gasteiger partial charge in [0.25, 0.3) is 0 Å². The Morgan fingerprint density at radius 2 is 1.80 bits per heavy atom. The Hall–Kier alpha value is -4.02. The van der Waals surface area contributed by atoms with Crippen LogP contribution in [0.1, 0.15) is 18.4 Å². The van der Waals surface area contributed by atoms with Crippen molar-refractivity contribution in [2.24, 2.45) is 5.73 Å². The molecule has 0 aliphatic carbocycles. The van der Waals surface area contributed by atoms with Gasteiger partial charge >= 0.3 is 5.97 Å². The number of methoxy groups -OCH3 is 1. The number of aromatic nitrogens is 1. The van der Waals surface area contributed by atoms with Gasteiger partial charge in [-0.25, -0.2) is 4.79 Å². The van der Waals surface area contributed by atoms with Gasteiger partial charge in [-0.15, -0.1) is 0 Å². The van der Waals surface area contributed by atoms with Crippen LogP contribution in [0.4, 0.5) is 5.69 Å². The first kappa shape index (κ1) is 22.8. The number of hydrogen-bond donors (Lipinski definition) is 1. The number of hydrogen-bond acceptors (Lipinski definition) is 5. The third-order valence-electron chi connectivity index (χ3n) is 6.50.